The molecule has 0 amide bonds. The number of ketones is 1. The SMILES string of the molecule is CCC1CCCC(OCC(=O)C(C)C)C1. The first-order valence-electron chi connectivity index (χ1n) is 6.27. The molecule has 0 saturated heterocycles. The summed E-state index contributed by atoms with van der Waals surface area (Å²) in [5.74, 6) is 1.15. The van der Waals surface area contributed by atoms with Crippen molar-refractivity contribution in [3.05, 3.63) is 0 Å². The van der Waals surface area contributed by atoms with Gasteiger partial charge in [-0.2, -0.15) is 0 Å². The van der Waals surface area contributed by atoms with E-state index in [1.807, 2.05) is 13.8 Å². The van der Waals surface area contributed by atoms with Gasteiger partial charge < -0.3 is 4.74 Å². The maximum atomic E-state index is 11.4. The van der Waals surface area contributed by atoms with Crippen molar-refractivity contribution in [3.63, 3.8) is 0 Å². The van der Waals surface area contributed by atoms with Crippen LogP contribution in [-0.4, -0.2) is 18.5 Å². The lowest BCUT2D eigenvalue weighted by atomic mass is 9.85. The molecule has 2 nitrogen and oxygen atoms in total. The van der Waals surface area contributed by atoms with E-state index in [2.05, 4.69) is 6.92 Å². The number of rotatable bonds is 5. The molecule has 1 fully saturated rings. The van der Waals surface area contributed by atoms with Gasteiger partial charge in [-0.15, -0.1) is 0 Å². The third-order valence-electron chi connectivity index (χ3n) is 3.42. The van der Waals surface area contributed by atoms with E-state index < -0.39 is 0 Å². The standard InChI is InChI=1S/C13H24O2/c1-4-11-6-5-7-12(8-11)15-9-13(14)10(2)3/h10-12H,4-9H2,1-3H3. The zero-order valence-electron chi connectivity index (χ0n) is 10.3. The molecule has 88 valence electrons. The van der Waals surface area contributed by atoms with Gasteiger partial charge in [-0.05, 0) is 18.8 Å². The van der Waals surface area contributed by atoms with Crippen LogP contribution in [0.1, 0.15) is 52.9 Å². The fourth-order valence-corrected chi connectivity index (χ4v) is 2.13. The number of hydrogen-bond acceptors (Lipinski definition) is 2. The first-order chi connectivity index (χ1) is 7.13. The Kier molecular flexibility index (Phi) is 5.30. The lowest BCUT2D eigenvalue weighted by Crippen LogP contribution is -2.26. The summed E-state index contributed by atoms with van der Waals surface area (Å²) in [5, 5.41) is 0. The minimum atomic E-state index is 0.107. The summed E-state index contributed by atoms with van der Waals surface area (Å²) in [7, 11) is 0. The van der Waals surface area contributed by atoms with Gasteiger partial charge in [0.1, 0.15) is 6.61 Å². The van der Waals surface area contributed by atoms with E-state index >= 15 is 0 Å². The lowest BCUT2D eigenvalue weighted by molar-refractivity contribution is -0.129. The zero-order chi connectivity index (χ0) is 11.3. The van der Waals surface area contributed by atoms with E-state index in [0.29, 0.717) is 12.7 Å². The van der Waals surface area contributed by atoms with Crippen molar-refractivity contribution < 1.29 is 9.53 Å². The average molecular weight is 212 g/mol. The number of ether oxygens (including phenoxy) is 1. The van der Waals surface area contributed by atoms with Crippen LogP contribution >= 0.6 is 0 Å². The molecule has 0 bridgehead atoms. The minimum Gasteiger partial charge on any atom is -0.370 e. The molecule has 1 aliphatic rings. The number of Topliss-reactive ketones (excluding diaryl/α,β-unsaturated/α-hetero) is 1. The predicted octanol–water partition coefficient (Wildman–Crippen LogP) is 3.20. The van der Waals surface area contributed by atoms with Crippen LogP contribution in [0.5, 0.6) is 0 Å². The molecule has 0 aromatic carbocycles. The van der Waals surface area contributed by atoms with Gasteiger partial charge in [0.25, 0.3) is 0 Å². The molecule has 1 rings (SSSR count). The Morgan fingerprint density at radius 1 is 1.40 bits per heavy atom. The van der Waals surface area contributed by atoms with Crippen molar-refractivity contribution in [2.45, 2.75) is 59.0 Å². The smallest absolute Gasteiger partial charge is 0.160 e. The molecule has 2 heteroatoms. The minimum absolute atomic E-state index is 0.107. The highest BCUT2D eigenvalue weighted by Crippen LogP contribution is 2.28. The van der Waals surface area contributed by atoms with Gasteiger partial charge in [-0.3, -0.25) is 4.79 Å². The van der Waals surface area contributed by atoms with Crippen LogP contribution in [0.2, 0.25) is 0 Å². The van der Waals surface area contributed by atoms with E-state index in [1.54, 1.807) is 0 Å². The molecule has 0 spiro atoms. The molecular weight excluding hydrogens is 188 g/mol. The summed E-state index contributed by atoms with van der Waals surface area (Å²) in [6, 6.07) is 0. The van der Waals surface area contributed by atoms with Crippen LogP contribution in [0.3, 0.4) is 0 Å². The largest absolute Gasteiger partial charge is 0.370 e. The topological polar surface area (TPSA) is 26.3 Å². The second-order valence-electron chi connectivity index (χ2n) is 4.99. The van der Waals surface area contributed by atoms with Crippen LogP contribution in [0.25, 0.3) is 0 Å². The van der Waals surface area contributed by atoms with Gasteiger partial charge >= 0.3 is 0 Å². The normalized spacial score (nSPS) is 26.9. The zero-order valence-corrected chi connectivity index (χ0v) is 10.3. The maximum absolute atomic E-state index is 11.4. The highest BCUT2D eigenvalue weighted by Gasteiger charge is 2.22. The van der Waals surface area contributed by atoms with Crippen molar-refractivity contribution >= 4 is 5.78 Å². The van der Waals surface area contributed by atoms with Crippen molar-refractivity contribution in [1.29, 1.82) is 0 Å². The molecule has 2 unspecified atom stereocenters. The van der Waals surface area contributed by atoms with Crippen LogP contribution < -0.4 is 0 Å². The van der Waals surface area contributed by atoms with Gasteiger partial charge in [0, 0.05) is 5.92 Å². The van der Waals surface area contributed by atoms with E-state index in [1.165, 1.54) is 19.3 Å². The highest BCUT2D eigenvalue weighted by molar-refractivity contribution is 5.81. The summed E-state index contributed by atoms with van der Waals surface area (Å²) < 4.78 is 5.69. The molecule has 0 heterocycles. The molecular formula is C13H24O2. The third-order valence-corrected chi connectivity index (χ3v) is 3.42. The summed E-state index contributed by atoms with van der Waals surface area (Å²) in [6.07, 6.45) is 6.49. The summed E-state index contributed by atoms with van der Waals surface area (Å²) in [5.41, 5.74) is 0. The molecule has 0 aliphatic heterocycles. The third kappa shape index (κ3) is 4.33. The van der Waals surface area contributed by atoms with E-state index in [-0.39, 0.29) is 11.7 Å². The maximum Gasteiger partial charge on any atom is 0.160 e. The number of hydrogen-bond donors (Lipinski definition) is 0. The fraction of sp³-hybridized carbons (Fsp3) is 0.923. The molecule has 15 heavy (non-hydrogen) atoms. The summed E-state index contributed by atoms with van der Waals surface area (Å²) in [4.78, 5) is 11.4. The first kappa shape index (κ1) is 12.7. The quantitative estimate of drug-likeness (QED) is 0.699. The van der Waals surface area contributed by atoms with Gasteiger partial charge in [0.15, 0.2) is 5.78 Å². The number of carbonyl (C=O) groups excluding carboxylic acids is 1. The summed E-state index contributed by atoms with van der Waals surface area (Å²) >= 11 is 0. The molecule has 1 saturated carbocycles. The predicted molar refractivity (Wildman–Crippen MR) is 61.8 cm³/mol. The Hall–Kier alpha value is -0.370. The Bertz CT molecular complexity index is 199. The van der Waals surface area contributed by atoms with Crippen LogP contribution in [0, 0.1) is 11.8 Å². The molecule has 0 aromatic heterocycles. The fourth-order valence-electron chi connectivity index (χ4n) is 2.13. The van der Waals surface area contributed by atoms with E-state index in [0.717, 1.165) is 18.8 Å². The highest BCUT2D eigenvalue weighted by atomic mass is 16.5. The molecule has 0 radical (unpaired) electrons. The van der Waals surface area contributed by atoms with Crippen molar-refractivity contribution in [3.8, 4) is 0 Å². The number of carbonyl (C=O) groups is 1. The molecule has 0 N–H and O–H groups in total. The Labute approximate surface area is 93.4 Å². The lowest BCUT2D eigenvalue weighted by Gasteiger charge is -2.28. The Balaban J connectivity index is 2.23. The van der Waals surface area contributed by atoms with E-state index in [4.69, 9.17) is 4.74 Å². The first-order valence-corrected chi connectivity index (χ1v) is 6.27. The van der Waals surface area contributed by atoms with Crippen molar-refractivity contribution in [2.75, 3.05) is 6.61 Å². The van der Waals surface area contributed by atoms with Crippen LogP contribution in [0.4, 0.5) is 0 Å². The summed E-state index contributed by atoms with van der Waals surface area (Å²) in [6.45, 7) is 6.42. The van der Waals surface area contributed by atoms with Gasteiger partial charge in [0.2, 0.25) is 0 Å². The van der Waals surface area contributed by atoms with Crippen LogP contribution in [0.15, 0.2) is 0 Å². The molecule has 0 aromatic rings. The van der Waals surface area contributed by atoms with Gasteiger partial charge in [-0.25, -0.2) is 0 Å². The monoisotopic (exact) mass is 212 g/mol. The molecule has 1 aliphatic carbocycles. The van der Waals surface area contributed by atoms with Gasteiger partial charge in [0.05, 0.1) is 6.10 Å². The van der Waals surface area contributed by atoms with Crippen LogP contribution in [-0.2, 0) is 9.53 Å². The average Bonchev–Trinajstić information content (AvgIpc) is 2.26. The second-order valence-corrected chi connectivity index (χ2v) is 4.99. The molecule has 2 atom stereocenters. The second kappa shape index (κ2) is 6.26. The Morgan fingerprint density at radius 2 is 2.13 bits per heavy atom. The van der Waals surface area contributed by atoms with Gasteiger partial charge in [-0.1, -0.05) is 40.0 Å². The Morgan fingerprint density at radius 3 is 2.73 bits per heavy atom. The van der Waals surface area contributed by atoms with Crippen molar-refractivity contribution in [1.82, 2.24) is 0 Å². The van der Waals surface area contributed by atoms with Crippen molar-refractivity contribution in [2.24, 2.45) is 11.8 Å². The van der Waals surface area contributed by atoms with E-state index in [9.17, 15) is 4.79 Å².